The maximum Gasteiger partial charge on any atom is 0.408 e. The van der Waals surface area contributed by atoms with Gasteiger partial charge in [0.2, 0.25) is 0 Å². The quantitative estimate of drug-likeness (QED) is 0.619. The summed E-state index contributed by atoms with van der Waals surface area (Å²) in [7, 11) is -2.00. The lowest BCUT2D eigenvalue weighted by atomic mass is 10.8. The van der Waals surface area contributed by atoms with Crippen LogP contribution in [0.1, 0.15) is 0 Å². The van der Waals surface area contributed by atoms with Crippen molar-refractivity contribution in [1.82, 2.24) is 0 Å². The summed E-state index contributed by atoms with van der Waals surface area (Å²) in [6.07, 6.45) is 0. The SMILES string of the molecule is C[P+]1(OCCO)OCCO1. The summed E-state index contributed by atoms with van der Waals surface area (Å²) < 4.78 is 15.6. The van der Waals surface area contributed by atoms with Crippen molar-refractivity contribution in [3.8, 4) is 0 Å². The highest BCUT2D eigenvalue weighted by molar-refractivity contribution is 7.60. The fraction of sp³-hybridized carbons (Fsp3) is 1.00. The highest BCUT2D eigenvalue weighted by atomic mass is 31.2. The molecule has 1 N–H and O–H groups in total. The third-order valence-electron chi connectivity index (χ3n) is 1.15. The molecule has 0 unspecified atom stereocenters. The molecule has 60 valence electrons. The first kappa shape index (κ1) is 8.37. The van der Waals surface area contributed by atoms with E-state index >= 15 is 0 Å². The summed E-state index contributed by atoms with van der Waals surface area (Å²) in [5, 5.41) is 8.42. The Morgan fingerprint density at radius 3 is 2.60 bits per heavy atom. The highest BCUT2D eigenvalue weighted by Crippen LogP contribution is 2.61. The summed E-state index contributed by atoms with van der Waals surface area (Å²) in [5.74, 6) is 0. The van der Waals surface area contributed by atoms with Gasteiger partial charge in [-0.3, -0.25) is 0 Å². The van der Waals surface area contributed by atoms with Gasteiger partial charge in [0.1, 0.15) is 26.5 Å². The first-order valence-corrected chi connectivity index (χ1v) is 5.17. The third kappa shape index (κ3) is 2.15. The standard InChI is InChI=1S/C5H12O4P/c1-10(7-3-2-6)8-4-5-9-10/h6H,2-5H2,1H3/q+1. The first-order valence-electron chi connectivity index (χ1n) is 3.18. The van der Waals surface area contributed by atoms with Gasteiger partial charge in [-0.25, -0.2) is 0 Å². The molecule has 1 fully saturated rings. The molecular formula is C5H12O4P+. The lowest BCUT2D eigenvalue weighted by molar-refractivity contribution is 0.168. The van der Waals surface area contributed by atoms with Gasteiger partial charge in [-0.05, 0) is 0 Å². The first-order chi connectivity index (χ1) is 4.77. The second-order valence-corrected chi connectivity index (χ2v) is 4.31. The molecule has 1 saturated heterocycles. The van der Waals surface area contributed by atoms with E-state index in [0.717, 1.165) is 0 Å². The molecule has 0 spiro atoms. The Hall–Kier alpha value is 0.270. The van der Waals surface area contributed by atoms with Crippen LogP contribution in [0, 0.1) is 0 Å². The van der Waals surface area contributed by atoms with Crippen LogP contribution in [0.3, 0.4) is 0 Å². The highest BCUT2D eigenvalue weighted by Gasteiger charge is 2.43. The van der Waals surface area contributed by atoms with Crippen LogP contribution in [0.2, 0.25) is 0 Å². The minimum Gasteiger partial charge on any atom is -0.394 e. The van der Waals surface area contributed by atoms with Gasteiger partial charge in [-0.15, -0.1) is 0 Å². The van der Waals surface area contributed by atoms with E-state index in [1.165, 1.54) is 0 Å². The van der Waals surface area contributed by atoms with Crippen LogP contribution in [-0.4, -0.2) is 38.2 Å². The largest absolute Gasteiger partial charge is 0.408 e. The van der Waals surface area contributed by atoms with Crippen molar-refractivity contribution in [2.75, 3.05) is 33.1 Å². The monoisotopic (exact) mass is 167 g/mol. The van der Waals surface area contributed by atoms with E-state index in [0.29, 0.717) is 19.8 Å². The predicted octanol–water partition coefficient (Wildman–Crippen LogP) is 0.434. The van der Waals surface area contributed by atoms with E-state index < -0.39 is 7.94 Å². The molecule has 1 aliphatic rings. The fourth-order valence-corrected chi connectivity index (χ4v) is 2.17. The zero-order valence-electron chi connectivity index (χ0n) is 5.95. The van der Waals surface area contributed by atoms with Gasteiger partial charge >= 0.3 is 7.94 Å². The molecular weight excluding hydrogens is 155 g/mol. The average molecular weight is 167 g/mol. The zero-order chi connectivity index (χ0) is 7.45. The molecule has 0 aliphatic carbocycles. The third-order valence-corrected chi connectivity index (χ3v) is 3.11. The Morgan fingerprint density at radius 2 is 2.10 bits per heavy atom. The van der Waals surface area contributed by atoms with Gasteiger partial charge in [0.25, 0.3) is 0 Å². The molecule has 1 heterocycles. The van der Waals surface area contributed by atoms with Crippen molar-refractivity contribution >= 4 is 7.94 Å². The van der Waals surface area contributed by atoms with Crippen LogP contribution in [0.15, 0.2) is 0 Å². The number of aliphatic hydroxyl groups is 1. The average Bonchev–Trinajstić information content (AvgIpc) is 2.33. The molecule has 0 atom stereocenters. The zero-order valence-corrected chi connectivity index (χ0v) is 6.84. The smallest absolute Gasteiger partial charge is 0.394 e. The van der Waals surface area contributed by atoms with E-state index in [4.69, 9.17) is 18.7 Å². The molecule has 1 rings (SSSR count). The Kier molecular flexibility index (Phi) is 3.01. The molecule has 0 amide bonds. The molecule has 0 aromatic rings. The fourth-order valence-electron chi connectivity index (χ4n) is 0.725. The minimum absolute atomic E-state index is 0.0162. The van der Waals surface area contributed by atoms with E-state index in [1.54, 1.807) is 6.66 Å². The van der Waals surface area contributed by atoms with Crippen LogP contribution in [0.4, 0.5) is 0 Å². The van der Waals surface area contributed by atoms with Crippen molar-refractivity contribution in [2.45, 2.75) is 0 Å². The van der Waals surface area contributed by atoms with Crippen LogP contribution in [0.5, 0.6) is 0 Å². The number of hydrogen-bond donors (Lipinski definition) is 1. The lowest BCUT2D eigenvalue weighted by Gasteiger charge is -2.08. The Bertz CT molecular complexity index is 102. The topological polar surface area (TPSA) is 47.9 Å². The van der Waals surface area contributed by atoms with Gasteiger partial charge in [-0.2, -0.15) is 13.6 Å². The Balaban J connectivity index is 2.22. The van der Waals surface area contributed by atoms with Gasteiger partial charge in [-0.1, -0.05) is 0 Å². The predicted molar refractivity (Wildman–Crippen MR) is 37.8 cm³/mol. The van der Waals surface area contributed by atoms with E-state index in [9.17, 15) is 0 Å². The summed E-state index contributed by atoms with van der Waals surface area (Å²) >= 11 is 0. The molecule has 4 nitrogen and oxygen atoms in total. The summed E-state index contributed by atoms with van der Waals surface area (Å²) in [6.45, 7) is 3.33. The number of rotatable bonds is 3. The maximum atomic E-state index is 8.42. The maximum absolute atomic E-state index is 8.42. The number of aliphatic hydroxyl groups excluding tert-OH is 1. The van der Waals surface area contributed by atoms with Gasteiger partial charge in [0, 0.05) is 0 Å². The minimum atomic E-state index is -2.00. The van der Waals surface area contributed by atoms with Crippen molar-refractivity contribution in [3.05, 3.63) is 0 Å². The van der Waals surface area contributed by atoms with Crippen molar-refractivity contribution in [3.63, 3.8) is 0 Å². The lowest BCUT2D eigenvalue weighted by Crippen LogP contribution is -2.01. The van der Waals surface area contributed by atoms with Crippen LogP contribution >= 0.6 is 7.94 Å². The van der Waals surface area contributed by atoms with Crippen molar-refractivity contribution < 1.29 is 18.7 Å². The molecule has 1 aliphatic heterocycles. The van der Waals surface area contributed by atoms with Crippen LogP contribution in [-0.2, 0) is 13.6 Å². The normalized spacial score (nSPS) is 23.4. The molecule has 5 heteroatoms. The molecule has 0 aromatic heterocycles. The van der Waals surface area contributed by atoms with Crippen LogP contribution in [0.25, 0.3) is 0 Å². The second kappa shape index (κ2) is 3.60. The summed E-state index contributed by atoms with van der Waals surface area (Å²) in [4.78, 5) is 0. The molecule has 0 radical (unpaired) electrons. The molecule has 0 aromatic carbocycles. The van der Waals surface area contributed by atoms with Gasteiger partial charge in [0.05, 0.1) is 6.61 Å². The number of hydrogen-bond acceptors (Lipinski definition) is 4. The van der Waals surface area contributed by atoms with E-state index in [-0.39, 0.29) is 6.61 Å². The molecule has 0 bridgehead atoms. The molecule has 10 heavy (non-hydrogen) atoms. The summed E-state index contributed by atoms with van der Waals surface area (Å²) in [5.41, 5.74) is 0. The van der Waals surface area contributed by atoms with Crippen molar-refractivity contribution in [2.24, 2.45) is 0 Å². The van der Waals surface area contributed by atoms with E-state index in [2.05, 4.69) is 0 Å². The van der Waals surface area contributed by atoms with E-state index in [1.807, 2.05) is 0 Å². The second-order valence-electron chi connectivity index (χ2n) is 1.99. The van der Waals surface area contributed by atoms with Gasteiger partial charge in [0.15, 0.2) is 0 Å². The molecule has 0 saturated carbocycles. The Morgan fingerprint density at radius 1 is 1.50 bits per heavy atom. The van der Waals surface area contributed by atoms with Gasteiger partial charge < -0.3 is 5.11 Å². The van der Waals surface area contributed by atoms with Crippen molar-refractivity contribution in [1.29, 1.82) is 0 Å². The van der Waals surface area contributed by atoms with Crippen LogP contribution < -0.4 is 0 Å². The summed E-state index contributed by atoms with van der Waals surface area (Å²) in [6, 6.07) is 0. The Labute approximate surface area is 60.7 Å².